The normalized spacial score (nSPS) is 19.5. The van der Waals surface area contributed by atoms with Gasteiger partial charge in [-0.25, -0.2) is 8.42 Å². The Hall–Kier alpha value is -0.0900. The summed E-state index contributed by atoms with van der Waals surface area (Å²) < 4.78 is 23.4. The molecule has 1 rings (SSSR count). The topological polar surface area (TPSA) is 46.2 Å². The van der Waals surface area contributed by atoms with Gasteiger partial charge in [0.05, 0.1) is 5.25 Å². The highest BCUT2D eigenvalue weighted by Gasteiger charge is 2.30. The first kappa shape index (κ1) is 13.0. The molecule has 1 aliphatic carbocycles. The van der Waals surface area contributed by atoms with E-state index in [4.69, 9.17) is 0 Å². The molecule has 3 nitrogen and oxygen atoms in total. The summed E-state index contributed by atoms with van der Waals surface area (Å²) in [5.74, 6) is 0.297. The van der Waals surface area contributed by atoms with Crippen molar-refractivity contribution in [2.75, 3.05) is 12.8 Å². The Morgan fingerprint density at radius 3 is 2.13 bits per heavy atom. The Bertz CT molecular complexity index is 279. The predicted molar refractivity (Wildman–Crippen MR) is 63.7 cm³/mol. The van der Waals surface area contributed by atoms with E-state index in [2.05, 4.69) is 19.2 Å². The molecule has 0 aromatic carbocycles. The van der Waals surface area contributed by atoms with Crippen molar-refractivity contribution in [3.8, 4) is 0 Å². The third-order valence-corrected chi connectivity index (χ3v) is 4.96. The van der Waals surface area contributed by atoms with E-state index in [9.17, 15) is 8.42 Å². The quantitative estimate of drug-likeness (QED) is 0.726. The molecule has 0 aromatic rings. The van der Waals surface area contributed by atoms with Gasteiger partial charge in [0.1, 0.15) is 0 Å². The fraction of sp³-hybridized carbons (Fsp3) is 1.00. The predicted octanol–water partition coefficient (Wildman–Crippen LogP) is 1.59. The van der Waals surface area contributed by atoms with Crippen molar-refractivity contribution < 1.29 is 8.42 Å². The zero-order chi connectivity index (χ0) is 11.5. The highest BCUT2D eigenvalue weighted by Crippen LogP contribution is 2.22. The van der Waals surface area contributed by atoms with E-state index in [-0.39, 0.29) is 5.25 Å². The Labute approximate surface area is 93.6 Å². The SMILES string of the molecule is CCC(CC)C(CNC1CC1)S(C)(=O)=O. The van der Waals surface area contributed by atoms with Gasteiger partial charge in [-0.15, -0.1) is 0 Å². The van der Waals surface area contributed by atoms with Gasteiger partial charge in [-0.1, -0.05) is 26.7 Å². The summed E-state index contributed by atoms with van der Waals surface area (Å²) in [5.41, 5.74) is 0. The lowest BCUT2D eigenvalue weighted by molar-refractivity contribution is 0.430. The Morgan fingerprint density at radius 2 is 1.80 bits per heavy atom. The Morgan fingerprint density at radius 1 is 1.27 bits per heavy atom. The van der Waals surface area contributed by atoms with Crippen molar-refractivity contribution in [2.45, 2.75) is 50.8 Å². The van der Waals surface area contributed by atoms with Crippen molar-refractivity contribution in [3.63, 3.8) is 0 Å². The standard InChI is InChI=1S/C11H23NO2S/c1-4-9(5-2)11(15(3,13)14)8-12-10-6-7-10/h9-12H,4-8H2,1-3H3. The first-order valence-corrected chi connectivity index (χ1v) is 7.86. The summed E-state index contributed by atoms with van der Waals surface area (Å²) >= 11 is 0. The van der Waals surface area contributed by atoms with E-state index < -0.39 is 9.84 Å². The van der Waals surface area contributed by atoms with Crippen LogP contribution in [0.4, 0.5) is 0 Å². The number of hydrogen-bond donors (Lipinski definition) is 1. The van der Waals surface area contributed by atoms with Crippen molar-refractivity contribution in [2.24, 2.45) is 5.92 Å². The minimum absolute atomic E-state index is 0.201. The molecule has 15 heavy (non-hydrogen) atoms. The van der Waals surface area contributed by atoms with Crippen LogP contribution in [-0.4, -0.2) is 32.5 Å². The molecule has 0 aromatic heterocycles. The van der Waals surface area contributed by atoms with Gasteiger partial charge in [-0.2, -0.15) is 0 Å². The maximum absolute atomic E-state index is 11.7. The highest BCUT2D eigenvalue weighted by atomic mass is 32.2. The van der Waals surface area contributed by atoms with Gasteiger partial charge in [0.25, 0.3) is 0 Å². The monoisotopic (exact) mass is 233 g/mol. The maximum atomic E-state index is 11.7. The summed E-state index contributed by atoms with van der Waals surface area (Å²) in [5, 5.41) is 3.13. The first-order chi connectivity index (χ1) is 6.99. The molecule has 0 amide bonds. The van der Waals surface area contributed by atoms with E-state index in [1.807, 2.05) is 0 Å². The highest BCUT2D eigenvalue weighted by molar-refractivity contribution is 7.91. The third-order valence-electron chi connectivity index (χ3n) is 3.31. The average molecular weight is 233 g/mol. The van der Waals surface area contributed by atoms with Gasteiger partial charge < -0.3 is 5.32 Å². The fourth-order valence-electron chi connectivity index (χ4n) is 2.05. The number of rotatable bonds is 7. The third kappa shape index (κ3) is 4.11. The zero-order valence-corrected chi connectivity index (χ0v) is 10.8. The van der Waals surface area contributed by atoms with Crippen LogP contribution in [-0.2, 0) is 9.84 Å². The minimum atomic E-state index is -2.92. The van der Waals surface area contributed by atoms with Crippen LogP contribution in [0.1, 0.15) is 39.5 Å². The molecule has 90 valence electrons. The molecule has 1 unspecified atom stereocenters. The molecule has 1 saturated carbocycles. The van der Waals surface area contributed by atoms with Crippen molar-refractivity contribution in [3.05, 3.63) is 0 Å². The smallest absolute Gasteiger partial charge is 0.151 e. The van der Waals surface area contributed by atoms with E-state index in [1.54, 1.807) is 0 Å². The molecular weight excluding hydrogens is 210 g/mol. The molecule has 1 aliphatic rings. The molecular formula is C11H23NO2S. The molecule has 0 radical (unpaired) electrons. The molecule has 0 aliphatic heterocycles. The van der Waals surface area contributed by atoms with Gasteiger partial charge in [0.15, 0.2) is 9.84 Å². The van der Waals surface area contributed by atoms with Gasteiger partial charge in [-0.3, -0.25) is 0 Å². The molecule has 4 heteroatoms. The van der Waals surface area contributed by atoms with Gasteiger partial charge in [-0.05, 0) is 18.8 Å². The number of sulfone groups is 1. The summed E-state index contributed by atoms with van der Waals surface area (Å²) in [6.45, 7) is 4.78. The van der Waals surface area contributed by atoms with Crippen molar-refractivity contribution >= 4 is 9.84 Å². The molecule has 0 heterocycles. The van der Waals surface area contributed by atoms with Crippen LogP contribution in [0.5, 0.6) is 0 Å². The van der Waals surface area contributed by atoms with Crippen LogP contribution in [0.15, 0.2) is 0 Å². The Balaban J connectivity index is 2.58. The molecule has 0 saturated heterocycles. The number of hydrogen-bond acceptors (Lipinski definition) is 3. The molecule has 0 bridgehead atoms. The summed E-state index contributed by atoms with van der Waals surface area (Å²) in [6.07, 6.45) is 5.67. The zero-order valence-electron chi connectivity index (χ0n) is 9.99. The van der Waals surface area contributed by atoms with Crippen LogP contribution in [0.2, 0.25) is 0 Å². The lowest BCUT2D eigenvalue weighted by atomic mass is 9.99. The van der Waals surface area contributed by atoms with Crippen LogP contribution < -0.4 is 5.32 Å². The molecule has 0 spiro atoms. The second-order valence-electron chi connectivity index (χ2n) is 4.63. The van der Waals surface area contributed by atoms with Crippen molar-refractivity contribution in [1.29, 1.82) is 0 Å². The van der Waals surface area contributed by atoms with E-state index in [1.165, 1.54) is 19.1 Å². The minimum Gasteiger partial charge on any atom is -0.313 e. The molecule has 1 atom stereocenters. The molecule has 1 fully saturated rings. The van der Waals surface area contributed by atoms with Gasteiger partial charge >= 0.3 is 0 Å². The van der Waals surface area contributed by atoms with Crippen LogP contribution in [0.3, 0.4) is 0 Å². The largest absolute Gasteiger partial charge is 0.313 e. The lowest BCUT2D eigenvalue weighted by Crippen LogP contribution is -2.39. The van der Waals surface area contributed by atoms with Gasteiger partial charge in [0.2, 0.25) is 0 Å². The average Bonchev–Trinajstić information content (AvgIpc) is 2.93. The van der Waals surface area contributed by atoms with E-state index in [0.717, 1.165) is 12.8 Å². The number of nitrogens with one attached hydrogen (secondary N) is 1. The van der Waals surface area contributed by atoms with E-state index >= 15 is 0 Å². The van der Waals surface area contributed by atoms with Crippen LogP contribution in [0.25, 0.3) is 0 Å². The summed E-state index contributed by atoms with van der Waals surface area (Å²) in [7, 11) is -2.92. The first-order valence-electron chi connectivity index (χ1n) is 5.91. The maximum Gasteiger partial charge on any atom is 0.151 e. The van der Waals surface area contributed by atoms with Gasteiger partial charge in [0, 0.05) is 18.8 Å². The second kappa shape index (κ2) is 5.30. The Kier molecular flexibility index (Phi) is 4.59. The molecule has 1 N–H and O–H groups in total. The lowest BCUT2D eigenvalue weighted by Gasteiger charge is -2.24. The van der Waals surface area contributed by atoms with Crippen LogP contribution in [0, 0.1) is 5.92 Å². The van der Waals surface area contributed by atoms with Crippen LogP contribution >= 0.6 is 0 Å². The van der Waals surface area contributed by atoms with Crippen molar-refractivity contribution in [1.82, 2.24) is 5.32 Å². The second-order valence-corrected chi connectivity index (χ2v) is 6.89. The summed E-state index contributed by atoms with van der Waals surface area (Å²) in [6, 6.07) is 0.587. The fourth-order valence-corrected chi connectivity index (χ4v) is 3.54. The summed E-state index contributed by atoms with van der Waals surface area (Å²) in [4.78, 5) is 0. The van der Waals surface area contributed by atoms with E-state index in [0.29, 0.717) is 18.5 Å².